The van der Waals surface area contributed by atoms with Crippen LogP contribution < -0.4 is 10.2 Å². The van der Waals surface area contributed by atoms with Crippen molar-refractivity contribution in [2.75, 3.05) is 11.4 Å². The van der Waals surface area contributed by atoms with Crippen molar-refractivity contribution in [1.29, 1.82) is 0 Å². The average Bonchev–Trinajstić information content (AvgIpc) is 3.12. The molecule has 5 nitrogen and oxygen atoms in total. The predicted octanol–water partition coefficient (Wildman–Crippen LogP) is 4.49. The second kappa shape index (κ2) is 7.99. The Kier molecular flexibility index (Phi) is 5.41. The normalized spacial score (nSPS) is 18.0. The van der Waals surface area contributed by atoms with Gasteiger partial charge in [-0.1, -0.05) is 23.7 Å². The van der Waals surface area contributed by atoms with Crippen molar-refractivity contribution >= 4 is 40.5 Å². The number of anilines is 1. The zero-order chi connectivity index (χ0) is 20.5. The lowest BCUT2D eigenvalue weighted by molar-refractivity contribution is -0.124. The molecule has 0 saturated heterocycles. The molecule has 0 bridgehead atoms. The quantitative estimate of drug-likeness (QED) is 0.808. The first kappa shape index (κ1) is 19.6. The number of carbonyl (C=O) groups is 2. The van der Waals surface area contributed by atoms with E-state index in [9.17, 15) is 9.59 Å². The minimum absolute atomic E-state index is 0.0127. The number of hydrogen-bond donors (Lipinski definition) is 1. The van der Waals surface area contributed by atoms with Crippen molar-refractivity contribution in [1.82, 2.24) is 5.32 Å². The van der Waals surface area contributed by atoms with Crippen LogP contribution in [0.3, 0.4) is 0 Å². The molecule has 2 aliphatic rings. The molecule has 1 saturated carbocycles. The lowest BCUT2D eigenvalue weighted by Crippen LogP contribution is -2.43. The number of benzene rings is 2. The minimum Gasteiger partial charge on any atom is -0.350 e. The SMILES string of the molecule is Cc1cc2c(cc1C)N(CC(=O)NCc1ccc(Cl)cc1)C(=O)[C@H]1CCCC1=N2. The molecule has 1 heterocycles. The Hall–Kier alpha value is -2.66. The maximum absolute atomic E-state index is 13.3. The summed E-state index contributed by atoms with van der Waals surface area (Å²) < 4.78 is 0. The number of aliphatic imine (C=N–C) groups is 1. The third kappa shape index (κ3) is 4.06. The largest absolute Gasteiger partial charge is 0.350 e. The second-order valence-corrected chi connectivity index (χ2v) is 8.24. The Labute approximate surface area is 175 Å². The van der Waals surface area contributed by atoms with Crippen LogP contribution in [0.1, 0.15) is 36.0 Å². The molecule has 2 aromatic rings. The molecule has 2 amide bonds. The zero-order valence-electron chi connectivity index (χ0n) is 16.7. The lowest BCUT2D eigenvalue weighted by Gasteiger charge is -2.25. The van der Waals surface area contributed by atoms with Crippen LogP contribution in [0.25, 0.3) is 0 Å². The van der Waals surface area contributed by atoms with Crippen LogP contribution in [0.15, 0.2) is 41.4 Å². The van der Waals surface area contributed by atoms with Crippen molar-refractivity contribution in [2.45, 2.75) is 39.7 Å². The van der Waals surface area contributed by atoms with Crippen LogP contribution in [-0.2, 0) is 16.1 Å². The Morgan fingerprint density at radius 2 is 1.93 bits per heavy atom. The van der Waals surface area contributed by atoms with Crippen LogP contribution in [0, 0.1) is 19.8 Å². The molecule has 1 aliphatic heterocycles. The summed E-state index contributed by atoms with van der Waals surface area (Å²) in [5, 5.41) is 3.57. The molecule has 1 N–H and O–H groups in total. The first-order valence-corrected chi connectivity index (χ1v) is 10.3. The number of amides is 2. The predicted molar refractivity (Wildman–Crippen MR) is 116 cm³/mol. The van der Waals surface area contributed by atoms with Crippen LogP contribution in [0.2, 0.25) is 5.02 Å². The molecule has 1 atom stereocenters. The van der Waals surface area contributed by atoms with Gasteiger partial charge < -0.3 is 10.2 Å². The second-order valence-electron chi connectivity index (χ2n) is 7.80. The number of hydrogen-bond acceptors (Lipinski definition) is 3. The Balaban J connectivity index is 1.57. The van der Waals surface area contributed by atoms with Gasteiger partial charge in [-0.15, -0.1) is 0 Å². The van der Waals surface area contributed by atoms with Gasteiger partial charge in [0.2, 0.25) is 11.8 Å². The fourth-order valence-electron chi connectivity index (χ4n) is 3.95. The Morgan fingerprint density at radius 3 is 2.69 bits per heavy atom. The Bertz CT molecular complexity index is 998. The fraction of sp³-hybridized carbons (Fsp3) is 0.348. The molecule has 1 fully saturated rings. The van der Waals surface area contributed by atoms with Gasteiger partial charge in [0, 0.05) is 17.3 Å². The van der Waals surface area contributed by atoms with E-state index in [1.807, 2.05) is 38.1 Å². The van der Waals surface area contributed by atoms with Gasteiger partial charge in [0.05, 0.1) is 17.3 Å². The number of fused-ring (bicyclic) bond motifs is 2. The third-order valence-electron chi connectivity index (χ3n) is 5.74. The van der Waals surface area contributed by atoms with E-state index in [0.717, 1.165) is 53.0 Å². The van der Waals surface area contributed by atoms with E-state index in [0.29, 0.717) is 11.6 Å². The molecule has 4 rings (SSSR count). The maximum Gasteiger partial charge on any atom is 0.240 e. The van der Waals surface area contributed by atoms with E-state index in [1.165, 1.54) is 0 Å². The van der Waals surface area contributed by atoms with E-state index in [2.05, 4.69) is 5.32 Å². The highest BCUT2D eigenvalue weighted by atomic mass is 35.5. The van der Waals surface area contributed by atoms with Gasteiger partial charge in [-0.2, -0.15) is 0 Å². The summed E-state index contributed by atoms with van der Waals surface area (Å²) in [6.07, 6.45) is 2.61. The highest BCUT2D eigenvalue weighted by molar-refractivity contribution is 6.30. The first-order chi connectivity index (χ1) is 13.9. The standard InChI is InChI=1S/C23H24ClN3O2/c1-14-10-20-21(11-15(14)2)27(23(29)18-4-3-5-19(18)26-20)13-22(28)25-12-16-6-8-17(24)9-7-16/h6-11,18H,3-5,12-13H2,1-2H3,(H,25,28)/t18-/m0/s1. The molecule has 0 spiro atoms. The van der Waals surface area contributed by atoms with Gasteiger partial charge in [-0.25, -0.2) is 0 Å². The van der Waals surface area contributed by atoms with Gasteiger partial charge in [-0.3, -0.25) is 14.6 Å². The van der Waals surface area contributed by atoms with Gasteiger partial charge in [0.25, 0.3) is 0 Å². The Morgan fingerprint density at radius 1 is 1.21 bits per heavy atom. The van der Waals surface area contributed by atoms with E-state index in [1.54, 1.807) is 17.0 Å². The van der Waals surface area contributed by atoms with Crippen LogP contribution in [0.5, 0.6) is 0 Å². The van der Waals surface area contributed by atoms with Crippen LogP contribution in [-0.4, -0.2) is 24.1 Å². The molecule has 0 aromatic heterocycles. The van der Waals surface area contributed by atoms with Crippen molar-refractivity contribution in [3.8, 4) is 0 Å². The van der Waals surface area contributed by atoms with Gasteiger partial charge in [0.1, 0.15) is 6.54 Å². The number of nitrogens with one attached hydrogen (secondary N) is 1. The van der Waals surface area contributed by atoms with Gasteiger partial charge in [0.15, 0.2) is 0 Å². The zero-order valence-corrected chi connectivity index (χ0v) is 17.4. The van der Waals surface area contributed by atoms with Crippen molar-refractivity contribution in [3.05, 3.63) is 58.1 Å². The smallest absolute Gasteiger partial charge is 0.240 e. The van der Waals surface area contributed by atoms with Crippen molar-refractivity contribution < 1.29 is 9.59 Å². The molecule has 6 heteroatoms. The average molecular weight is 410 g/mol. The molecule has 1 aliphatic carbocycles. The van der Waals surface area contributed by atoms with Crippen molar-refractivity contribution in [3.63, 3.8) is 0 Å². The van der Waals surface area contributed by atoms with E-state index in [-0.39, 0.29) is 24.3 Å². The fourth-order valence-corrected chi connectivity index (χ4v) is 4.07. The number of halogens is 1. The molecule has 150 valence electrons. The summed E-state index contributed by atoms with van der Waals surface area (Å²) in [6.45, 7) is 4.43. The molecule has 29 heavy (non-hydrogen) atoms. The van der Waals surface area contributed by atoms with E-state index < -0.39 is 0 Å². The van der Waals surface area contributed by atoms with Gasteiger partial charge in [-0.05, 0) is 74.1 Å². The summed E-state index contributed by atoms with van der Waals surface area (Å²) in [5.41, 5.74) is 5.62. The first-order valence-electron chi connectivity index (χ1n) is 9.93. The molecule has 2 aromatic carbocycles. The van der Waals surface area contributed by atoms with E-state index in [4.69, 9.17) is 16.6 Å². The minimum atomic E-state index is -0.216. The molecular formula is C23H24ClN3O2. The summed E-state index contributed by atoms with van der Waals surface area (Å²) in [5.74, 6) is -0.434. The number of nitrogens with zero attached hydrogens (tertiary/aromatic N) is 2. The highest BCUT2D eigenvalue weighted by Crippen LogP contribution is 2.39. The summed E-state index contributed by atoms with van der Waals surface area (Å²) in [4.78, 5) is 32.4. The highest BCUT2D eigenvalue weighted by Gasteiger charge is 2.37. The van der Waals surface area contributed by atoms with Crippen LogP contribution >= 0.6 is 11.6 Å². The van der Waals surface area contributed by atoms with Crippen molar-refractivity contribution in [2.24, 2.45) is 10.9 Å². The van der Waals surface area contributed by atoms with Gasteiger partial charge >= 0.3 is 0 Å². The number of carbonyl (C=O) groups excluding carboxylic acids is 2. The van der Waals surface area contributed by atoms with Crippen LogP contribution in [0.4, 0.5) is 11.4 Å². The summed E-state index contributed by atoms with van der Waals surface area (Å²) in [7, 11) is 0. The maximum atomic E-state index is 13.3. The number of aryl methyl sites for hydroxylation is 2. The number of rotatable bonds is 4. The molecule has 0 radical (unpaired) electrons. The molecular weight excluding hydrogens is 386 g/mol. The summed E-state index contributed by atoms with van der Waals surface area (Å²) in [6, 6.07) is 11.3. The lowest BCUT2D eigenvalue weighted by atomic mass is 10.0. The topological polar surface area (TPSA) is 61.8 Å². The third-order valence-corrected chi connectivity index (χ3v) is 5.99. The van der Waals surface area contributed by atoms with E-state index >= 15 is 0 Å². The summed E-state index contributed by atoms with van der Waals surface area (Å²) >= 11 is 5.91. The monoisotopic (exact) mass is 409 g/mol. The molecule has 0 unspecified atom stereocenters.